The fourth-order valence-corrected chi connectivity index (χ4v) is 4.78. The van der Waals surface area contributed by atoms with Gasteiger partial charge in [-0.1, -0.05) is 123 Å². The molecule has 2 aliphatic carbocycles. The van der Waals surface area contributed by atoms with Crippen molar-refractivity contribution in [2.45, 2.75) is 19.3 Å². The Labute approximate surface area is 167 Å². The highest BCUT2D eigenvalue weighted by Crippen LogP contribution is 2.56. The van der Waals surface area contributed by atoms with Crippen LogP contribution >= 0.6 is 0 Å². The SMILES string of the molecule is CC1(C)C=CC=C(C2(c3ccccc3)c3ccccc3-c3ccccc32)C=C1. The lowest BCUT2D eigenvalue weighted by molar-refractivity contribution is 0.625. The van der Waals surface area contributed by atoms with Crippen LogP contribution in [-0.4, -0.2) is 0 Å². The number of allylic oxidation sites excluding steroid dienone is 6. The summed E-state index contributed by atoms with van der Waals surface area (Å²) in [4.78, 5) is 0. The van der Waals surface area contributed by atoms with Crippen LogP contribution in [0, 0.1) is 5.41 Å². The van der Waals surface area contributed by atoms with Crippen molar-refractivity contribution in [3.63, 3.8) is 0 Å². The van der Waals surface area contributed by atoms with E-state index in [1.165, 1.54) is 33.4 Å². The molecule has 3 aromatic carbocycles. The first-order valence-corrected chi connectivity index (χ1v) is 9.97. The largest absolute Gasteiger partial charge is 0.0751 e. The van der Waals surface area contributed by atoms with Crippen LogP contribution in [-0.2, 0) is 5.41 Å². The molecule has 0 nitrogen and oxygen atoms in total. The van der Waals surface area contributed by atoms with Crippen LogP contribution in [0.4, 0.5) is 0 Å². The zero-order valence-electron chi connectivity index (χ0n) is 16.4. The zero-order chi connectivity index (χ0) is 19.2. The fraction of sp³-hybridized carbons (Fsp3) is 0.143. The fourth-order valence-electron chi connectivity index (χ4n) is 4.78. The van der Waals surface area contributed by atoms with Gasteiger partial charge in [0.25, 0.3) is 0 Å². The van der Waals surface area contributed by atoms with Gasteiger partial charge in [0.1, 0.15) is 0 Å². The summed E-state index contributed by atoms with van der Waals surface area (Å²) in [5.41, 5.74) is 7.79. The molecule has 0 atom stereocenters. The lowest BCUT2D eigenvalue weighted by Gasteiger charge is -2.34. The molecule has 0 radical (unpaired) electrons. The molecule has 2 aliphatic rings. The predicted octanol–water partition coefficient (Wildman–Crippen LogP) is 7.08. The highest BCUT2D eigenvalue weighted by Gasteiger charge is 2.46. The van der Waals surface area contributed by atoms with Gasteiger partial charge in [0.15, 0.2) is 0 Å². The summed E-state index contributed by atoms with van der Waals surface area (Å²) in [6.45, 7) is 4.50. The smallest absolute Gasteiger partial charge is 0.0713 e. The molecule has 0 N–H and O–H groups in total. The molecular formula is C28H24. The standard InChI is InChI=1S/C28H24/c1-27(2)19-10-13-22(18-20-27)28(21-11-4-3-5-12-21)25-16-8-6-14-23(25)24-15-7-9-17-26(24)28/h3-20H,1-2H3. The Hall–Kier alpha value is -3.12. The van der Waals surface area contributed by atoms with Crippen molar-refractivity contribution in [3.8, 4) is 11.1 Å². The van der Waals surface area contributed by atoms with E-state index in [0.29, 0.717) is 0 Å². The van der Waals surface area contributed by atoms with Crippen LogP contribution < -0.4 is 0 Å². The predicted molar refractivity (Wildman–Crippen MR) is 118 cm³/mol. The van der Waals surface area contributed by atoms with E-state index in [0.717, 1.165) is 0 Å². The monoisotopic (exact) mass is 360 g/mol. The molecule has 0 saturated carbocycles. The maximum atomic E-state index is 2.34. The minimum atomic E-state index is -0.296. The van der Waals surface area contributed by atoms with E-state index in [1.54, 1.807) is 0 Å². The molecule has 0 aliphatic heterocycles. The van der Waals surface area contributed by atoms with E-state index < -0.39 is 0 Å². The van der Waals surface area contributed by atoms with Crippen molar-refractivity contribution in [2.24, 2.45) is 5.41 Å². The van der Waals surface area contributed by atoms with E-state index in [1.807, 2.05) is 0 Å². The Morgan fingerprint density at radius 1 is 0.607 bits per heavy atom. The van der Waals surface area contributed by atoms with Crippen molar-refractivity contribution in [1.29, 1.82) is 0 Å². The quantitative estimate of drug-likeness (QED) is 0.458. The van der Waals surface area contributed by atoms with Crippen LogP contribution in [0.2, 0.25) is 0 Å². The molecule has 0 saturated heterocycles. The van der Waals surface area contributed by atoms with E-state index in [2.05, 4.69) is 123 Å². The lowest BCUT2D eigenvalue weighted by Crippen LogP contribution is -2.29. The van der Waals surface area contributed by atoms with Gasteiger partial charge in [0, 0.05) is 5.41 Å². The van der Waals surface area contributed by atoms with Crippen LogP contribution in [0.5, 0.6) is 0 Å². The molecule has 0 spiro atoms. The van der Waals surface area contributed by atoms with Crippen molar-refractivity contribution in [3.05, 3.63) is 132 Å². The molecule has 0 heteroatoms. The zero-order valence-corrected chi connectivity index (χ0v) is 16.4. The first-order valence-electron chi connectivity index (χ1n) is 9.97. The van der Waals surface area contributed by atoms with Gasteiger partial charge in [-0.3, -0.25) is 0 Å². The van der Waals surface area contributed by atoms with Crippen molar-refractivity contribution in [2.75, 3.05) is 0 Å². The third-order valence-electron chi connectivity index (χ3n) is 6.09. The van der Waals surface area contributed by atoms with Crippen LogP contribution in [0.15, 0.2) is 115 Å². The molecule has 28 heavy (non-hydrogen) atoms. The summed E-state index contributed by atoms with van der Waals surface area (Å²) in [6, 6.07) is 28.7. The minimum absolute atomic E-state index is 0.0494. The number of benzene rings is 3. The summed E-state index contributed by atoms with van der Waals surface area (Å²) in [6.07, 6.45) is 11.5. The highest BCUT2D eigenvalue weighted by atomic mass is 14.5. The molecule has 0 fully saturated rings. The summed E-state index contributed by atoms with van der Waals surface area (Å²) < 4.78 is 0. The molecule has 0 aromatic heterocycles. The van der Waals surface area contributed by atoms with Gasteiger partial charge in [0.05, 0.1) is 5.41 Å². The maximum absolute atomic E-state index is 2.34. The molecule has 3 aromatic rings. The number of rotatable bonds is 2. The Morgan fingerprint density at radius 2 is 1.18 bits per heavy atom. The summed E-state index contributed by atoms with van der Waals surface area (Å²) in [5.74, 6) is 0. The molecule has 0 unspecified atom stereocenters. The van der Waals surface area contributed by atoms with Gasteiger partial charge in [-0.05, 0) is 33.4 Å². The van der Waals surface area contributed by atoms with Crippen LogP contribution in [0.3, 0.4) is 0 Å². The maximum Gasteiger partial charge on any atom is 0.0713 e. The lowest BCUT2D eigenvalue weighted by atomic mass is 9.67. The molecule has 0 amide bonds. The first-order chi connectivity index (χ1) is 13.6. The molecule has 0 bridgehead atoms. The third-order valence-corrected chi connectivity index (χ3v) is 6.09. The van der Waals surface area contributed by atoms with Crippen molar-refractivity contribution < 1.29 is 0 Å². The second-order valence-electron chi connectivity index (χ2n) is 8.34. The Balaban J connectivity index is 1.91. The van der Waals surface area contributed by atoms with Gasteiger partial charge in [0.2, 0.25) is 0 Å². The van der Waals surface area contributed by atoms with E-state index in [4.69, 9.17) is 0 Å². The van der Waals surface area contributed by atoms with Crippen LogP contribution in [0.25, 0.3) is 11.1 Å². The van der Waals surface area contributed by atoms with E-state index >= 15 is 0 Å². The van der Waals surface area contributed by atoms with Gasteiger partial charge >= 0.3 is 0 Å². The molecule has 0 heterocycles. The number of hydrogen-bond acceptors (Lipinski definition) is 0. The molecule has 5 rings (SSSR count). The van der Waals surface area contributed by atoms with Crippen molar-refractivity contribution >= 4 is 0 Å². The Bertz CT molecular complexity index is 1080. The van der Waals surface area contributed by atoms with E-state index in [9.17, 15) is 0 Å². The average molecular weight is 361 g/mol. The summed E-state index contributed by atoms with van der Waals surface area (Å²) >= 11 is 0. The molecular weight excluding hydrogens is 336 g/mol. The average Bonchev–Trinajstić information content (AvgIpc) is 2.90. The molecule has 136 valence electrons. The summed E-state index contributed by atoms with van der Waals surface area (Å²) in [5, 5.41) is 0. The Morgan fingerprint density at radius 3 is 1.82 bits per heavy atom. The second-order valence-corrected chi connectivity index (χ2v) is 8.34. The van der Waals surface area contributed by atoms with Crippen LogP contribution in [0.1, 0.15) is 30.5 Å². The normalized spacial score (nSPS) is 18.1. The Kier molecular flexibility index (Phi) is 3.77. The van der Waals surface area contributed by atoms with Gasteiger partial charge < -0.3 is 0 Å². The minimum Gasteiger partial charge on any atom is -0.0751 e. The van der Waals surface area contributed by atoms with Crippen molar-refractivity contribution in [1.82, 2.24) is 0 Å². The van der Waals surface area contributed by atoms with Gasteiger partial charge in [-0.25, -0.2) is 0 Å². The first kappa shape index (κ1) is 17.0. The van der Waals surface area contributed by atoms with E-state index in [-0.39, 0.29) is 10.8 Å². The number of hydrogen-bond donors (Lipinski definition) is 0. The highest BCUT2D eigenvalue weighted by molar-refractivity contribution is 5.86. The second kappa shape index (κ2) is 6.21. The number of fused-ring (bicyclic) bond motifs is 3. The summed E-state index contributed by atoms with van der Waals surface area (Å²) in [7, 11) is 0. The topological polar surface area (TPSA) is 0 Å². The third kappa shape index (κ3) is 2.38. The van der Waals surface area contributed by atoms with Gasteiger partial charge in [-0.15, -0.1) is 0 Å². The van der Waals surface area contributed by atoms with Gasteiger partial charge in [-0.2, -0.15) is 0 Å².